The Bertz CT molecular complexity index is 896. The second-order valence-electron chi connectivity index (χ2n) is 5.75. The van der Waals surface area contributed by atoms with Crippen molar-refractivity contribution in [2.45, 2.75) is 27.8 Å². The van der Waals surface area contributed by atoms with Crippen molar-refractivity contribution in [2.75, 3.05) is 11.6 Å². The molecular weight excluding hydrogens is 382 g/mol. The maximum Gasteiger partial charge on any atom is 0.242 e. The van der Waals surface area contributed by atoms with Gasteiger partial charge in [-0.1, -0.05) is 77.3 Å². The molecule has 0 fully saturated rings. The summed E-state index contributed by atoms with van der Waals surface area (Å²) in [4.78, 5) is 13.1. The lowest BCUT2D eigenvalue weighted by Gasteiger charge is -2.17. The van der Waals surface area contributed by atoms with Crippen molar-refractivity contribution < 1.29 is 4.79 Å². The molecular formula is C19H19N3OS3. The summed E-state index contributed by atoms with van der Waals surface area (Å²) < 4.78 is 1.69. The number of hydrogen-bond donors (Lipinski definition) is 1. The minimum Gasteiger partial charge on any atom is -0.325 e. The molecule has 0 radical (unpaired) electrons. The van der Waals surface area contributed by atoms with Crippen LogP contribution in [0.15, 0.2) is 57.2 Å². The van der Waals surface area contributed by atoms with Crippen LogP contribution in [0.4, 0.5) is 5.69 Å². The molecule has 3 aromatic rings. The third kappa shape index (κ3) is 4.66. The van der Waals surface area contributed by atoms with Crippen LogP contribution in [0, 0.1) is 13.8 Å². The Hall–Kier alpha value is -1.83. The number of aromatic nitrogens is 2. The molecule has 1 aromatic heterocycles. The van der Waals surface area contributed by atoms with Crippen LogP contribution in [-0.2, 0) is 4.79 Å². The molecule has 0 saturated carbocycles. The lowest BCUT2D eigenvalue weighted by Crippen LogP contribution is -2.19. The van der Waals surface area contributed by atoms with Gasteiger partial charge in [0, 0.05) is 5.69 Å². The number of nitrogens with one attached hydrogen (secondary N) is 1. The number of rotatable bonds is 6. The van der Waals surface area contributed by atoms with E-state index in [1.54, 1.807) is 11.8 Å². The van der Waals surface area contributed by atoms with Crippen LogP contribution < -0.4 is 5.32 Å². The summed E-state index contributed by atoms with van der Waals surface area (Å²) in [5.74, 6) is -0.0594. The van der Waals surface area contributed by atoms with Crippen molar-refractivity contribution in [2.24, 2.45) is 0 Å². The number of thioether (sulfide) groups is 2. The van der Waals surface area contributed by atoms with Crippen molar-refractivity contribution in [1.82, 2.24) is 10.2 Å². The molecule has 0 aliphatic heterocycles. The number of aryl methyl sites for hydroxylation is 2. The smallest absolute Gasteiger partial charge is 0.242 e. The highest BCUT2D eigenvalue weighted by atomic mass is 32.2. The number of anilines is 1. The first-order valence-electron chi connectivity index (χ1n) is 8.04. The molecule has 2 aromatic carbocycles. The summed E-state index contributed by atoms with van der Waals surface area (Å²) in [6.07, 6.45) is 1.97. The van der Waals surface area contributed by atoms with E-state index < -0.39 is 5.25 Å². The molecule has 3 rings (SSSR count). The van der Waals surface area contributed by atoms with Gasteiger partial charge in [-0.25, -0.2) is 0 Å². The fraction of sp³-hybridized carbons (Fsp3) is 0.211. The van der Waals surface area contributed by atoms with Crippen LogP contribution in [0.1, 0.15) is 21.9 Å². The van der Waals surface area contributed by atoms with E-state index in [-0.39, 0.29) is 5.91 Å². The summed E-state index contributed by atoms with van der Waals surface area (Å²) in [5, 5.41) is 11.0. The van der Waals surface area contributed by atoms with Gasteiger partial charge in [-0.05, 0) is 42.9 Å². The quantitative estimate of drug-likeness (QED) is 0.564. The van der Waals surface area contributed by atoms with Gasteiger partial charge >= 0.3 is 0 Å². The molecule has 0 spiro atoms. The molecule has 1 unspecified atom stereocenters. The van der Waals surface area contributed by atoms with E-state index in [1.807, 2.05) is 68.6 Å². The fourth-order valence-corrected chi connectivity index (χ4v) is 5.03. The van der Waals surface area contributed by atoms with Crippen LogP contribution >= 0.6 is 34.9 Å². The lowest BCUT2D eigenvalue weighted by molar-refractivity contribution is -0.115. The fourth-order valence-electron chi connectivity index (χ4n) is 2.40. The first-order valence-corrected chi connectivity index (χ1v) is 11.0. The topological polar surface area (TPSA) is 54.9 Å². The second kappa shape index (κ2) is 8.70. The summed E-state index contributed by atoms with van der Waals surface area (Å²) in [7, 11) is 0. The highest BCUT2D eigenvalue weighted by molar-refractivity contribution is 8.03. The first kappa shape index (κ1) is 18.9. The minimum absolute atomic E-state index is 0.0594. The maximum atomic E-state index is 13.1. The molecule has 1 heterocycles. The second-order valence-corrected chi connectivity index (χ2v) is 9.14. The molecule has 134 valence electrons. The average molecular weight is 402 g/mol. The molecule has 0 saturated heterocycles. The molecule has 4 nitrogen and oxygen atoms in total. The van der Waals surface area contributed by atoms with Crippen molar-refractivity contribution >= 4 is 46.5 Å². The van der Waals surface area contributed by atoms with Gasteiger partial charge < -0.3 is 5.32 Å². The number of benzene rings is 2. The summed E-state index contributed by atoms with van der Waals surface area (Å²) in [6, 6.07) is 15.8. The van der Waals surface area contributed by atoms with Gasteiger partial charge in [-0.15, -0.1) is 10.2 Å². The average Bonchev–Trinajstić information content (AvgIpc) is 3.11. The predicted octanol–water partition coefficient (Wildman–Crippen LogP) is 5.35. The van der Waals surface area contributed by atoms with Gasteiger partial charge in [0.15, 0.2) is 8.68 Å². The molecule has 1 N–H and O–H groups in total. The predicted molar refractivity (Wildman–Crippen MR) is 111 cm³/mol. The van der Waals surface area contributed by atoms with Crippen LogP contribution in [0.2, 0.25) is 0 Å². The molecule has 1 amide bonds. The van der Waals surface area contributed by atoms with E-state index in [0.29, 0.717) is 0 Å². The lowest BCUT2D eigenvalue weighted by atomic mass is 10.1. The van der Waals surface area contributed by atoms with Gasteiger partial charge in [-0.3, -0.25) is 4.79 Å². The number of nitrogens with zero attached hydrogens (tertiary/aromatic N) is 2. The van der Waals surface area contributed by atoms with Gasteiger partial charge in [0.25, 0.3) is 0 Å². The van der Waals surface area contributed by atoms with Crippen molar-refractivity contribution in [1.29, 1.82) is 0 Å². The molecule has 0 aliphatic carbocycles. The highest BCUT2D eigenvalue weighted by Gasteiger charge is 2.24. The number of carbonyl (C=O) groups is 1. The molecule has 0 aliphatic rings. The normalized spacial score (nSPS) is 12.0. The molecule has 7 heteroatoms. The summed E-state index contributed by atoms with van der Waals surface area (Å²) >= 11 is 4.50. The van der Waals surface area contributed by atoms with E-state index in [0.717, 1.165) is 31.1 Å². The zero-order valence-electron chi connectivity index (χ0n) is 14.7. The highest BCUT2D eigenvalue weighted by Crippen LogP contribution is 2.39. The van der Waals surface area contributed by atoms with Gasteiger partial charge in [-0.2, -0.15) is 0 Å². The van der Waals surface area contributed by atoms with Gasteiger partial charge in [0.2, 0.25) is 5.91 Å². The number of amides is 1. The SMILES string of the molecule is CSc1nnc(SC(C(=O)Nc2cc(C)ccc2C)c2ccccc2)s1. The minimum atomic E-state index is -0.390. The van der Waals surface area contributed by atoms with Crippen molar-refractivity contribution in [3.05, 3.63) is 65.2 Å². The van der Waals surface area contributed by atoms with Crippen LogP contribution in [0.25, 0.3) is 0 Å². The van der Waals surface area contributed by atoms with Crippen LogP contribution in [-0.4, -0.2) is 22.4 Å². The third-order valence-corrected chi connectivity index (χ3v) is 7.01. The first-order chi connectivity index (χ1) is 12.6. The van der Waals surface area contributed by atoms with Gasteiger partial charge in [0.05, 0.1) is 0 Å². The Morgan fingerprint density at radius 2 is 1.81 bits per heavy atom. The summed E-state index contributed by atoms with van der Waals surface area (Å²) in [5.41, 5.74) is 3.95. The van der Waals surface area contributed by atoms with E-state index in [4.69, 9.17) is 0 Å². The van der Waals surface area contributed by atoms with Crippen molar-refractivity contribution in [3.63, 3.8) is 0 Å². The van der Waals surface area contributed by atoms with Crippen LogP contribution in [0.3, 0.4) is 0 Å². The van der Waals surface area contributed by atoms with Gasteiger partial charge in [0.1, 0.15) is 5.25 Å². The van der Waals surface area contributed by atoms with Crippen molar-refractivity contribution in [3.8, 4) is 0 Å². The maximum absolute atomic E-state index is 13.1. The Morgan fingerprint density at radius 1 is 1.08 bits per heavy atom. The Balaban J connectivity index is 1.87. The van der Waals surface area contributed by atoms with E-state index in [1.165, 1.54) is 23.1 Å². The zero-order valence-corrected chi connectivity index (χ0v) is 17.2. The van der Waals surface area contributed by atoms with E-state index >= 15 is 0 Å². The molecule has 26 heavy (non-hydrogen) atoms. The Kier molecular flexibility index (Phi) is 6.34. The largest absolute Gasteiger partial charge is 0.325 e. The number of hydrogen-bond acceptors (Lipinski definition) is 6. The number of carbonyl (C=O) groups excluding carboxylic acids is 1. The molecule has 1 atom stereocenters. The monoisotopic (exact) mass is 401 g/mol. The van der Waals surface area contributed by atoms with E-state index in [9.17, 15) is 4.79 Å². The molecule has 0 bridgehead atoms. The Morgan fingerprint density at radius 3 is 2.50 bits per heavy atom. The Labute approximate surface area is 165 Å². The standard InChI is InChI=1S/C19H19N3OS3/c1-12-9-10-13(2)15(11-12)20-17(23)16(14-7-5-4-6-8-14)25-19-22-21-18(24-3)26-19/h4-11,16H,1-3H3,(H,20,23). The van der Waals surface area contributed by atoms with Crippen LogP contribution in [0.5, 0.6) is 0 Å². The summed E-state index contributed by atoms with van der Waals surface area (Å²) in [6.45, 7) is 4.01. The van der Waals surface area contributed by atoms with E-state index in [2.05, 4.69) is 15.5 Å². The third-order valence-electron chi connectivity index (χ3n) is 3.77. The zero-order chi connectivity index (χ0) is 18.5.